The molecule has 5 nitrogen and oxygen atoms in total. The summed E-state index contributed by atoms with van der Waals surface area (Å²) < 4.78 is 0. The molecule has 2 N–H and O–H groups in total. The summed E-state index contributed by atoms with van der Waals surface area (Å²) in [5.74, 6) is -0.240. The van der Waals surface area contributed by atoms with E-state index in [0.717, 1.165) is 0 Å². The van der Waals surface area contributed by atoms with E-state index in [-0.39, 0.29) is 24.2 Å². The number of carbonyl (C=O) groups excluding carboxylic acids is 2. The van der Waals surface area contributed by atoms with Gasteiger partial charge in [0.25, 0.3) is 5.91 Å². The van der Waals surface area contributed by atoms with Gasteiger partial charge in [-0.1, -0.05) is 23.2 Å². The topological polar surface area (TPSA) is 66.6 Å². The fourth-order valence-corrected chi connectivity index (χ4v) is 2.74. The Labute approximate surface area is 145 Å². The third-order valence-corrected chi connectivity index (χ3v) is 3.98. The predicted molar refractivity (Wildman–Crippen MR) is 89.8 cm³/mol. The van der Waals surface area contributed by atoms with Crippen molar-refractivity contribution in [3.8, 4) is 0 Å². The smallest absolute Gasteiger partial charge is 0.255 e. The molecule has 2 rings (SSSR count). The van der Waals surface area contributed by atoms with Crippen molar-refractivity contribution in [2.24, 2.45) is 5.73 Å². The number of benzene rings is 1. The first-order valence-electron chi connectivity index (χ1n) is 6.69. The Balaban J connectivity index is 0.00000242. The van der Waals surface area contributed by atoms with Crippen molar-refractivity contribution in [2.75, 3.05) is 26.2 Å². The Morgan fingerprint density at radius 1 is 1.14 bits per heavy atom. The first-order chi connectivity index (χ1) is 9.90. The van der Waals surface area contributed by atoms with Crippen molar-refractivity contribution in [1.82, 2.24) is 9.80 Å². The SMILES string of the molecule is C[C@H](N)C(=O)N1CCN(C(=O)c2ccc(Cl)cc2Cl)CC1.Cl. The minimum absolute atomic E-state index is 0. The quantitative estimate of drug-likeness (QED) is 0.871. The van der Waals surface area contributed by atoms with Crippen LogP contribution in [0.1, 0.15) is 17.3 Å². The summed E-state index contributed by atoms with van der Waals surface area (Å²) in [4.78, 5) is 27.6. The Kier molecular flexibility index (Phi) is 6.94. The predicted octanol–water partition coefficient (Wildman–Crippen LogP) is 2.05. The number of rotatable bonds is 2. The number of nitrogens with two attached hydrogens (primary N) is 1. The van der Waals surface area contributed by atoms with E-state index in [1.165, 1.54) is 0 Å². The Hall–Kier alpha value is -1.01. The summed E-state index contributed by atoms with van der Waals surface area (Å²) in [6, 6.07) is 4.29. The van der Waals surface area contributed by atoms with Crippen molar-refractivity contribution >= 4 is 47.4 Å². The molecule has 0 radical (unpaired) electrons. The maximum atomic E-state index is 12.4. The highest BCUT2D eigenvalue weighted by molar-refractivity contribution is 6.36. The molecule has 122 valence electrons. The standard InChI is InChI=1S/C14H17Cl2N3O2.ClH/c1-9(17)13(20)18-4-6-19(7-5-18)14(21)11-3-2-10(15)8-12(11)16;/h2-3,8-9H,4-7,17H2,1H3;1H/t9-;/m0./s1. The van der Waals surface area contributed by atoms with E-state index >= 15 is 0 Å². The number of nitrogens with zero attached hydrogens (tertiary/aromatic N) is 2. The zero-order valence-corrected chi connectivity index (χ0v) is 14.4. The van der Waals surface area contributed by atoms with Gasteiger partial charge in [-0.3, -0.25) is 9.59 Å². The van der Waals surface area contributed by atoms with E-state index in [9.17, 15) is 9.59 Å². The van der Waals surface area contributed by atoms with Gasteiger partial charge in [0, 0.05) is 31.2 Å². The molecule has 1 aliphatic rings. The van der Waals surface area contributed by atoms with E-state index in [0.29, 0.717) is 41.8 Å². The van der Waals surface area contributed by atoms with Gasteiger partial charge in [-0.05, 0) is 25.1 Å². The molecule has 1 atom stereocenters. The van der Waals surface area contributed by atoms with Crippen molar-refractivity contribution < 1.29 is 9.59 Å². The normalized spacial score (nSPS) is 16.0. The van der Waals surface area contributed by atoms with Crippen LogP contribution in [0.5, 0.6) is 0 Å². The molecule has 2 amide bonds. The van der Waals surface area contributed by atoms with Gasteiger partial charge in [-0.2, -0.15) is 0 Å². The van der Waals surface area contributed by atoms with E-state index in [4.69, 9.17) is 28.9 Å². The Morgan fingerprint density at radius 3 is 2.18 bits per heavy atom. The number of hydrogen-bond donors (Lipinski definition) is 1. The first-order valence-corrected chi connectivity index (χ1v) is 7.44. The number of amides is 2. The zero-order valence-electron chi connectivity index (χ0n) is 12.1. The molecule has 1 aromatic carbocycles. The number of hydrogen-bond acceptors (Lipinski definition) is 3. The summed E-state index contributed by atoms with van der Waals surface area (Å²) in [6.45, 7) is 3.56. The largest absolute Gasteiger partial charge is 0.338 e. The van der Waals surface area contributed by atoms with Crippen LogP contribution in [0.25, 0.3) is 0 Å². The summed E-state index contributed by atoms with van der Waals surface area (Å²) in [7, 11) is 0. The van der Waals surface area contributed by atoms with E-state index in [1.807, 2.05) is 0 Å². The van der Waals surface area contributed by atoms with Crippen molar-refractivity contribution in [3.63, 3.8) is 0 Å². The van der Waals surface area contributed by atoms with E-state index in [2.05, 4.69) is 0 Å². The molecule has 1 aliphatic heterocycles. The molecular weight excluding hydrogens is 349 g/mol. The average molecular weight is 367 g/mol. The van der Waals surface area contributed by atoms with Crippen molar-refractivity contribution in [3.05, 3.63) is 33.8 Å². The number of carbonyl (C=O) groups is 2. The second-order valence-electron chi connectivity index (χ2n) is 5.03. The molecule has 22 heavy (non-hydrogen) atoms. The number of piperazine rings is 1. The van der Waals surface area contributed by atoms with Crippen LogP contribution in [0.4, 0.5) is 0 Å². The fraction of sp³-hybridized carbons (Fsp3) is 0.429. The Bertz CT molecular complexity index is 558. The van der Waals surface area contributed by atoms with Gasteiger partial charge in [0.2, 0.25) is 5.91 Å². The molecule has 0 aliphatic carbocycles. The Morgan fingerprint density at radius 2 is 1.68 bits per heavy atom. The molecule has 1 fully saturated rings. The summed E-state index contributed by atoms with van der Waals surface area (Å²) in [6.07, 6.45) is 0. The lowest BCUT2D eigenvalue weighted by Gasteiger charge is -2.35. The molecule has 0 saturated carbocycles. The van der Waals surface area contributed by atoms with Crippen molar-refractivity contribution in [2.45, 2.75) is 13.0 Å². The highest BCUT2D eigenvalue weighted by atomic mass is 35.5. The highest BCUT2D eigenvalue weighted by Crippen LogP contribution is 2.22. The molecule has 1 heterocycles. The lowest BCUT2D eigenvalue weighted by molar-refractivity contribution is -0.133. The van der Waals surface area contributed by atoms with Crippen LogP contribution in [0, 0.1) is 0 Å². The molecular formula is C14H18Cl3N3O2. The van der Waals surface area contributed by atoms with E-state index in [1.54, 1.807) is 34.9 Å². The summed E-state index contributed by atoms with van der Waals surface area (Å²) in [5, 5.41) is 0.825. The van der Waals surface area contributed by atoms with Gasteiger partial charge in [-0.25, -0.2) is 0 Å². The fourth-order valence-electron chi connectivity index (χ4n) is 2.25. The van der Waals surface area contributed by atoms with Crippen LogP contribution in [-0.4, -0.2) is 53.8 Å². The van der Waals surface area contributed by atoms with Gasteiger partial charge in [0.05, 0.1) is 16.6 Å². The maximum Gasteiger partial charge on any atom is 0.255 e. The maximum absolute atomic E-state index is 12.4. The van der Waals surface area contributed by atoms with Crippen LogP contribution >= 0.6 is 35.6 Å². The van der Waals surface area contributed by atoms with Crippen LogP contribution in [0.2, 0.25) is 10.0 Å². The molecule has 0 spiro atoms. The molecule has 1 saturated heterocycles. The van der Waals surface area contributed by atoms with Crippen LogP contribution in [-0.2, 0) is 4.79 Å². The third-order valence-electron chi connectivity index (χ3n) is 3.43. The van der Waals surface area contributed by atoms with Gasteiger partial charge in [-0.15, -0.1) is 12.4 Å². The second-order valence-corrected chi connectivity index (χ2v) is 5.87. The van der Waals surface area contributed by atoms with Crippen LogP contribution in [0.15, 0.2) is 18.2 Å². The molecule has 0 bridgehead atoms. The molecule has 0 unspecified atom stereocenters. The molecule has 0 aromatic heterocycles. The van der Waals surface area contributed by atoms with Crippen LogP contribution < -0.4 is 5.73 Å². The third kappa shape index (κ3) is 4.26. The monoisotopic (exact) mass is 365 g/mol. The summed E-state index contributed by atoms with van der Waals surface area (Å²) >= 11 is 11.9. The van der Waals surface area contributed by atoms with Gasteiger partial charge in [0.1, 0.15) is 0 Å². The van der Waals surface area contributed by atoms with E-state index < -0.39 is 6.04 Å². The van der Waals surface area contributed by atoms with Gasteiger partial charge in [0.15, 0.2) is 0 Å². The molecule has 1 aromatic rings. The molecule has 8 heteroatoms. The zero-order chi connectivity index (χ0) is 15.6. The average Bonchev–Trinajstić information content (AvgIpc) is 2.46. The summed E-state index contributed by atoms with van der Waals surface area (Å²) in [5.41, 5.74) is 6.01. The second kappa shape index (κ2) is 8.02. The highest BCUT2D eigenvalue weighted by Gasteiger charge is 2.26. The first kappa shape index (κ1) is 19.0. The lowest BCUT2D eigenvalue weighted by atomic mass is 10.1. The number of halogens is 3. The lowest BCUT2D eigenvalue weighted by Crippen LogP contribution is -2.53. The minimum atomic E-state index is -0.516. The minimum Gasteiger partial charge on any atom is -0.338 e. The van der Waals surface area contributed by atoms with Crippen molar-refractivity contribution in [1.29, 1.82) is 0 Å². The van der Waals surface area contributed by atoms with Gasteiger partial charge >= 0.3 is 0 Å². The van der Waals surface area contributed by atoms with Gasteiger partial charge < -0.3 is 15.5 Å². The van der Waals surface area contributed by atoms with Crippen LogP contribution in [0.3, 0.4) is 0 Å².